The molecule has 3 N–H and O–H groups in total. The predicted molar refractivity (Wildman–Crippen MR) is 68.2 cm³/mol. The second-order valence-electron chi connectivity index (χ2n) is 4.27. The Morgan fingerprint density at radius 2 is 2.40 bits per heavy atom. The first-order chi connectivity index (χ1) is 7.22. The summed E-state index contributed by atoms with van der Waals surface area (Å²) in [6.45, 7) is 4.11. The number of hydrogen-bond donors (Lipinski definition) is 2. The Kier molecular flexibility index (Phi) is 3.32. The van der Waals surface area contributed by atoms with Crippen LogP contribution in [0.1, 0.15) is 24.8 Å². The van der Waals surface area contributed by atoms with Crippen molar-refractivity contribution in [3.63, 3.8) is 0 Å². The molecule has 2 atom stereocenters. The summed E-state index contributed by atoms with van der Waals surface area (Å²) in [7, 11) is 0. The third kappa shape index (κ3) is 2.18. The molecule has 3 heteroatoms. The van der Waals surface area contributed by atoms with E-state index < -0.39 is 0 Å². The van der Waals surface area contributed by atoms with Crippen molar-refractivity contribution in [2.75, 3.05) is 18.4 Å². The van der Waals surface area contributed by atoms with Crippen LogP contribution in [-0.4, -0.2) is 13.1 Å². The Hall–Kier alpha value is -0.540. The first-order valence-electron chi connectivity index (χ1n) is 5.45. The smallest absolute Gasteiger partial charge is 0.0377 e. The van der Waals surface area contributed by atoms with E-state index in [1.54, 1.807) is 0 Å². The number of anilines is 1. The van der Waals surface area contributed by atoms with Crippen molar-refractivity contribution in [3.8, 4) is 0 Å². The molecule has 2 rings (SSSR count). The van der Waals surface area contributed by atoms with Crippen LogP contribution in [0.25, 0.3) is 0 Å². The van der Waals surface area contributed by atoms with Crippen LogP contribution in [0.4, 0.5) is 5.69 Å². The fourth-order valence-electron chi connectivity index (χ4n) is 2.30. The molecule has 0 saturated heterocycles. The fourth-order valence-corrected chi connectivity index (χ4v) is 2.68. The van der Waals surface area contributed by atoms with Crippen LogP contribution in [0.2, 0.25) is 0 Å². The summed E-state index contributed by atoms with van der Waals surface area (Å²) in [5, 5.41) is 3.46. The number of hydrogen-bond acceptors (Lipinski definition) is 2. The molecule has 0 amide bonds. The molecule has 1 aromatic carbocycles. The summed E-state index contributed by atoms with van der Waals surface area (Å²) < 4.78 is 1.16. The molecule has 0 radical (unpaired) electrons. The summed E-state index contributed by atoms with van der Waals surface area (Å²) >= 11 is 3.53. The van der Waals surface area contributed by atoms with E-state index in [2.05, 4.69) is 46.4 Å². The minimum atomic E-state index is 0.612. The van der Waals surface area contributed by atoms with Gasteiger partial charge in [-0.05, 0) is 42.6 Å². The molecular formula is C12H17BrN2. The molecule has 0 aromatic heterocycles. The van der Waals surface area contributed by atoms with Crippen LogP contribution in [-0.2, 0) is 0 Å². The topological polar surface area (TPSA) is 38.0 Å². The van der Waals surface area contributed by atoms with Crippen molar-refractivity contribution in [3.05, 3.63) is 28.2 Å². The summed E-state index contributed by atoms with van der Waals surface area (Å²) in [4.78, 5) is 0. The largest absolute Gasteiger partial charge is 0.384 e. The Labute approximate surface area is 99.4 Å². The normalized spacial score (nSPS) is 20.9. The number of rotatable bonds is 3. The predicted octanol–water partition coefficient (Wildman–Crippen LogP) is 2.94. The highest BCUT2D eigenvalue weighted by atomic mass is 79.9. The standard InChI is InChI=1S/C12H17BrN2/c1-8(4-5-14)11-7-15-12-3-2-9(13)6-10(11)12/h2-3,6,8,11,15H,4-5,7,14H2,1H3. The van der Waals surface area contributed by atoms with E-state index in [1.165, 1.54) is 11.3 Å². The summed E-state index contributed by atoms with van der Waals surface area (Å²) in [5.74, 6) is 1.26. The zero-order valence-corrected chi connectivity index (χ0v) is 10.5. The van der Waals surface area contributed by atoms with Crippen molar-refractivity contribution < 1.29 is 0 Å². The first-order valence-corrected chi connectivity index (χ1v) is 6.25. The third-order valence-corrected chi connectivity index (χ3v) is 3.73. The van der Waals surface area contributed by atoms with Crippen molar-refractivity contribution >= 4 is 21.6 Å². The number of nitrogens with two attached hydrogens (primary N) is 1. The first kappa shape index (κ1) is 11.0. The molecule has 0 spiro atoms. The lowest BCUT2D eigenvalue weighted by atomic mass is 9.87. The van der Waals surface area contributed by atoms with Gasteiger partial charge in [-0.25, -0.2) is 0 Å². The van der Waals surface area contributed by atoms with E-state index in [0.29, 0.717) is 11.8 Å². The second-order valence-corrected chi connectivity index (χ2v) is 5.19. The van der Waals surface area contributed by atoms with Gasteiger partial charge in [-0.3, -0.25) is 0 Å². The molecule has 0 bridgehead atoms. The lowest BCUT2D eigenvalue weighted by molar-refractivity contribution is 0.458. The highest BCUT2D eigenvalue weighted by molar-refractivity contribution is 9.10. The lowest BCUT2D eigenvalue weighted by Gasteiger charge is -2.18. The van der Waals surface area contributed by atoms with E-state index in [1.807, 2.05) is 0 Å². The average molecular weight is 269 g/mol. The van der Waals surface area contributed by atoms with Crippen LogP contribution in [0.5, 0.6) is 0 Å². The van der Waals surface area contributed by atoms with Gasteiger partial charge in [0.1, 0.15) is 0 Å². The van der Waals surface area contributed by atoms with Gasteiger partial charge in [0, 0.05) is 22.6 Å². The third-order valence-electron chi connectivity index (χ3n) is 3.23. The van der Waals surface area contributed by atoms with Crippen molar-refractivity contribution in [1.29, 1.82) is 0 Å². The summed E-state index contributed by atoms with van der Waals surface area (Å²) in [6, 6.07) is 6.46. The molecule has 15 heavy (non-hydrogen) atoms. The van der Waals surface area contributed by atoms with Crippen LogP contribution in [0.3, 0.4) is 0 Å². The maximum Gasteiger partial charge on any atom is 0.0377 e. The van der Waals surface area contributed by atoms with Crippen LogP contribution in [0, 0.1) is 5.92 Å². The van der Waals surface area contributed by atoms with Gasteiger partial charge < -0.3 is 11.1 Å². The van der Waals surface area contributed by atoms with Gasteiger partial charge in [-0.15, -0.1) is 0 Å². The molecule has 0 fully saturated rings. The molecular weight excluding hydrogens is 252 g/mol. The van der Waals surface area contributed by atoms with Gasteiger partial charge >= 0.3 is 0 Å². The number of benzene rings is 1. The van der Waals surface area contributed by atoms with Crippen LogP contribution < -0.4 is 11.1 Å². The second kappa shape index (κ2) is 4.54. The van der Waals surface area contributed by atoms with E-state index in [4.69, 9.17) is 5.73 Å². The summed E-state index contributed by atoms with van der Waals surface area (Å²) in [6.07, 6.45) is 1.10. The minimum absolute atomic E-state index is 0.612. The SMILES string of the molecule is CC(CCN)C1CNc2ccc(Br)cc21. The van der Waals surface area contributed by atoms with E-state index in [9.17, 15) is 0 Å². The molecule has 0 aliphatic carbocycles. The van der Waals surface area contributed by atoms with Gasteiger partial charge in [-0.1, -0.05) is 22.9 Å². The van der Waals surface area contributed by atoms with Crippen molar-refractivity contribution in [2.24, 2.45) is 11.7 Å². The van der Waals surface area contributed by atoms with Gasteiger partial charge in [-0.2, -0.15) is 0 Å². The lowest BCUT2D eigenvalue weighted by Crippen LogP contribution is -2.15. The maximum absolute atomic E-state index is 5.62. The molecule has 1 aliphatic rings. The van der Waals surface area contributed by atoms with E-state index in [-0.39, 0.29) is 0 Å². The quantitative estimate of drug-likeness (QED) is 0.885. The number of fused-ring (bicyclic) bond motifs is 1. The van der Waals surface area contributed by atoms with E-state index >= 15 is 0 Å². The molecule has 2 nitrogen and oxygen atoms in total. The zero-order chi connectivity index (χ0) is 10.8. The number of nitrogens with one attached hydrogen (secondary N) is 1. The van der Waals surface area contributed by atoms with Gasteiger partial charge in [0.25, 0.3) is 0 Å². The highest BCUT2D eigenvalue weighted by Gasteiger charge is 2.26. The molecule has 82 valence electrons. The Balaban J connectivity index is 2.23. The van der Waals surface area contributed by atoms with Crippen molar-refractivity contribution in [1.82, 2.24) is 0 Å². The van der Waals surface area contributed by atoms with E-state index in [0.717, 1.165) is 24.0 Å². The van der Waals surface area contributed by atoms with Gasteiger partial charge in [0.15, 0.2) is 0 Å². The molecule has 1 aromatic rings. The van der Waals surface area contributed by atoms with Crippen LogP contribution in [0.15, 0.2) is 22.7 Å². The van der Waals surface area contributed by atoms with Crippen molar-refractivity contribution in [2.45, 2.75) is 19.3 Å². The zero-order valence-electron chi connectivity index (χ0n) is 8.96. The Morgan fingerprint density at radius 1 is 1.60 bits per heavy atom. The Bertz CT molecular complexity index is 351. The van der Waals surface area contributed by atoms with Crippen LogP contribution >= 0.6 is 15.9 Å². The molecule has 2 unspecified atom stereocenters. The molecule has 0 saturated carbocycles. The molecule has 1 aliphatic heterocycles. The molecule has 1 heterocycles. The summed E-state index contributed by atoms with van der Waals surface area (Å²) in [5.41, 5.74) is 8.34. The maximum atomic E-state index is 5.62. The minimum Gasteiger partial charge on any atom is -0.384 e. The number of halogens is 1. The van der Waals surface area contributed by atoms with Gasteiger partial charge in [0.05, 0.1) is 0 Å². The fraction of sp³-hybridized carbons (Fsp3) is 0.500. The highest BCUT2D eigenvalue weighted by Crippen LogP contribution is 2.38. The average Bonchev–Trinajstić information content (AvgIpc) is 2.60. The monoisotopic (exact) mass is 268 g/mol. The Morgan fingerprint density at radius 3 is 3.13 bits per heavy atom. The van der Waals surface area contributed by atoms with Gasteiger partial charge in [0.2, 0.25) is 0 Å².